The third kappa shape index (κ3) is 5.92. The first-order chi connectivity index (χ1) is 17.4. The summed E-state index contributed by atoms with van der Waals surface area (Å²) < 4.78 is 18.6. The molecular weight excluding hydrogens is 485 g/mol. The lowest BCUT2D eigenvalue weighted by Gasteiger charge is -2.11. The maximum atomic E-state index is 13.0. The molecule has 9 heteroatoms. The van der Waals surface area contributed by atoms with Crippen LogP contribution in [0.5, 0.6) is 5.75 Å². The van der Waals surface area contributed by atoms with Gasteiger partial charge < -0.3 is 10.1 Å². The number of benzene rings is 4. The minimum absolute atomic E-state index is 0.209. The van der Waals surface area contributed by atoms with Gasteiger partial charge in [-0.25, -0.2) is 14.6 Å². The van der Waals surface area contributed by atoms with Crippen LogP contribution in [0.4, 0.5) is 4.39 Å². The van der Waals surface area contributed by atoms with E-state index in [1.165, 1.54) is 18.3 Å². The number of nitrogens with zero attached hydrogens (tertiary/aromatic N) is 1. The lowest BCUT2D eigenvalue weighted by Crippen LogP contribution is -2.34. The Morgan fingerprint density at radius 3 is 2.42 bits per heavy atom. The van der Waals surface area contributed by atoms with Gasteiger partial charge in [-0.2, -0.15) is 5.10 Å². The fraction of sp³-hybridized carbons (Fsp3) is 0.0370. The minimum atomic E-state index is -0.641. The predicted molar refractivity (Wildman–Crippen MR) is 135 cm³/mol. The van der Waals surface area contributed by atoms with Crippen molar-refractivity contribution in [3.63, 3.8) is 0 Å². The Bertz CT molecular complexity index is 1470. The van der Waals surface area contributed by atoms with Crippen LogP contribution in [0.25, 0.3) is 10.8 Å². The molecule has 0 saturated carbocycles. The topological polar surface area (TPSA) is 96.9 Å². The van der Waals surface area contributed by atoms with Gasteiger partial charge in [0.25, 0.3) is 11.8 Å². The van der Waals surface area contributed by atoms with Crippen LogP contribution in [0, 0.1) is 5.82 Å². The van der Waals surface area contributed by atoms with E-state index in [4.69, 9.17) is 16.3 Å². The predicted octanol–water partition coefficient (Wildman–Crippen LogP) is 4.73. The zero-order valence-corrected chi connectivity index (χ0v) is 19.5. The average molecular weight is 504 g/mol. The van der Waals surface area contributed by atoms with Crippen LogP contribution in [-0.4, -0.2) is 30.5 Å². The van der Waals surface area contributed by atoms with Crippen molar-refractivity contribution < 1.29 is 23.5 Å². The lowest BCUT2D eigenvalue weighted by atomic mass is 10.0. The van der Waals surface area contributed by atoms with E-state index in [-0.39, 0.29) is 28.4 Å². The molecule has 0 unspecified atom stereocenters. The van der Waals surface area contributed by atoms with E-state index in [1.54, 1.807) is 36.4 Å². The van der Waals surface area contributed by atoms with Crippen molar-refractivity contribution in [2.45, 2.75) is 0 Å². The molecule has 2 N–H and O–H groups in total. The number of fused-ring (bicyclic) bond motifs is 1. The highest BCUT2D eigenvalue weighted by molar-refractivity contribution is 6.33. The molecule has 0 saturated heterocycles. The molecule has 7 nitrogen and oxygen atoms in total. The van der Waals surface area contributed by atoms with Gasteiger partial charge >= 0.3 is 5.97 Å². The van der Waals surface area contributed by atoms with E-state index in [0.29, 0.717) is 5.56 Å². The second-order valence-corrected chi connectivity index (χ2v) is 7.96. The van der Waals surface area contributed by atoms with Crippen molar-refractivity contribution in [1.82, 2.24) is 10.7 Å². The van der Waals surface area contributed by atoms with Crippen molar-refractivity contribution in [2.75, 3.05) is 6.54 Å². The molecule has 36 heavy (non-hydrogen) atoms. The summed E-state index contributed by atoms with van der Waals surface area (Å²) in [4.78, 5) is 37.0. The van der Waals surface area contributed by atoms with Crippen molar-refractivity contribution in [2.24, 2.45) is 5.10 Å². The van der Waals surface area contributed by atoms with Gasteiger partial charge in [-0.15, -0.1) is 0 Å². The molecule has 0 spiro atoms. The number of nitrogens with one attached hydrogen (secondary N) is 2. The maximum Gasteiger partial charge on any atom is 0.345 e. The number of hydrogen-bond donors (Lipinski definition) is 2. The van der Waals surface area contributed by atoms with Gasteiger partial charge in [0.2, 0.25) is 0 Å². The third-order valence-corrected chi connectivity index (χ3v) is 5.46. The molecule has 0 heterocycles. The maximum absolute atomic E-state index is 13.0. The molecule has 4 rings (SSSR count). The summed E-state index contributed by atoms with van der Waals surface area (Å²) in [6.45, 7) is -0.350. The number of rotatable bonds is 7. The molecule has 2 amide bonds. The van der Waals surface area contributed by atoms with E-state index in [9.17, 15) is 18.8 Å². The molecule has 0 aliphatic heterocycles. The van der Waals surface area contributed by atoms with Crippen LogP contribution in [0.15, 0.2) is 90.0 Å². The molecule has 4 aromatic carbocycles. The van der Waals surface area contributed by atoms with Gasteiger partial charge in [0.15, 0.2) is 0 Å². The van der Waals surface area contributed by atoms with Gasteiger partial charge in [-0.1, -0.05) is 54.1 Å². The molecule has 180 valence electrons. The van der Waals surface area contributed by atoms with Gasteiger partial charge in [-0.05, 0) is 53.2 Å². The Balaban J connectivity index is 1.47. The number of carbonyl (C=O) groups is 3. The first-order valence-electron chi connectivity index (χ1n) is 10.8. The molecule has 0 aliphatic carbocycles. The van der Waals surface area contributed by atoms with Crippen molar-refractivity contribution in [3.8, 4) is 5.75 Å². The van der Waals surface area contributed by atoms with Crippen molar-refractivity contribution >= 4 is 46.4 Å². The minimum Gasteiger partial charge on any atom is -0.422 e. The second kappa shape index (κ2) is 11.2. The quantitative estimate of drug-likeness (QED) is 0.165. The second-order valence-electron chi connectivity index (χ2n) is 7.55. The van der Waals surface area contributed by atoms with E-state index in [0.717, 1.165) is 22.9 Å². The first-order valence-corrected chi connectivity index (χ1v) is 11.1. The Hall–Kier alpha value is -4.56. The number of halogens is 2. The number of hydrogen-bond acceptors (Lipinski definition) is 5. The third-order valence-electron chi connectivity index (χ3n) is 5.13. The van der Waals surface area contributed by atoms with E-state index >= 15 is 0 Å². The normalized spacial score (nSPS) is 10.8. The first kappa shape index (κ1) is 24.6. The van der Waals surface area contributed by atoms with Crippen LogP contribution in [-0.2, 0) is 4.79 Å². The van der Waals surface area contributed by atoms with Gasteiger partial charge in [0.05, 0.1) is 23.3 Å². The summed E-state index contributed by atoms with van der Waals surface area (Å²) in [5.41, 5.74) is 3.21. The molecule has 4 aromatic rings. The summed E-state index contributed by atoms with van der Waals surface area (Å²) in [5, 5.41) is 8.27. The van der Waals surface area contributed by atoms with Crippen molar-refractivity contribution in [3.05, 3.63) is 112 Å². The SMILES string of the molecule is O=C(CNC(=O)c1ccc(F)cc1)N/N=C\c1c(OC(=O)c2ccccc2Cl)ccc2ccccc12. The zero-order valence-electron chi connectivity index (χ0n) is 18.7. The summed E-state index contributed by atoms with van der Waals surface area (Å²) in [6, 6.07) is 22.3. The summed E-state index contributed by atoms with van der Waals surface area (Å²) >= 11 is 6.12. The molecule has 0 aromatic heterocycles. The number of carbonyl (C=O) groups excluding carboxylic acids is 3. The van der Waals surface area contributed by atoms with Crippen LogP contribution in [0.2, 0.25) is 5.02 Å². The number of hydrazone groups is 1. The largest absolute Gasteiger partial charge is 0.422 e. The number of esters is 1. The summed E-state index contributed by atoms with van der Waals surface area (Å²) in [7, 11) is 0. The molecular formula is C27H19ClFN3O4. The van der Waals surface area contributed by atoms with Crippen LogP contribution in [0.1, 0.15) is 26.3 Å². The Kier molecular flexibility index (Phi) is 7.67. The number of ether oxygens (including phenoxy) is 1. The van der Waals surface area contributed by atoms with Crippen LogP contribution >= 0.6 is 11.6 Å². The van der Waals surface area contributed by atoms with Crippen molar-refractivity contribution in [1.29, 1.82) is 0 Å². The van der Waals surface area contributed by atoms with Crippen LogP contribution < -0.4 is 15.5 Å². The Labute approximate surface area is 210 Å². The molecule has 0 atom stereocenters. The highest BCUT2D eigenvalue weighted by atomic mass is 35.5. The summed E-state index contributed by atoms with van der Waals surface area (Å²) in [5.74, 6) is -2.00. The molecule has 0 aliphatic rings. The molecule has 0 fully saturated rings. The molecule has 0 bridgehead atoms. The standard InChI is InChI=1S/C27H19ClFN3O4/c28-23-8-4-3-7-21(23)27(35)36-24-14-11-17-5-1-2-6-20(17)22(24)15-31-32-25(33)16-30-26(34)18-9-12-19(29)13-10-18/h1-15H,16H2,(H,30,34)(H,32,33)/b31-15-. The molecule has 0 radical (unpaired) electrons. The lowest BCUT2D eigenvalue weighted by molar-refractivity contribution is -0.120. The van der Waals surface area contributed by atoms with Gasteiger partial charge in [0, 0.05) is 11.1 Å². The monoisotopic (exact) mass is 503 g/mol. The highest BCUT2D eigenvalue weighted by Gasteiger charge is 2.16. The van der Waals surface area contributed by atoms with Gasteiger partial charge in [-0.3, -0.25) is 9.59 Å². The van der Waals surface area contributed by atoms with Crippen LogP contribution in [0.3, 0.4) is 0 Å². The van der Waals surface area contributed by atoms with E-state index in [1.807, 2.05) is 24.3 Å². The zero-order chi connectivity index (χ0) is 25.5. The Morgan fingerprint density at radius 1 is 0.917 bits per heavy atom. The Morgan fingerprint density at radius 2 is 1.64 bits per heavy atom. The summed E-state index contributed by atoms with van der Waals surface area (Å²) in [6.07, 6.45) is 1.36. The fourth-order valence-electron chi connectivity index (χ4n) is 3.35. The highest BCUT2D eigenvalue weighted by Crippen LogP contribution is 2.28. The smallest absolute Gasteiger partial charge is 0.345 e. The van der Waals surface area contributed by atoms with Gasteiger partial charge in [0.1, 0.15) is 11.6 Å². The van der Waals surface area contributed by atoms with E-state index < -0.39 is 23.6 Å². The van der Waals surface area contributed by atoms with E-state index in [2.05, 4.69) is 15.8 Å². The average Bonchev–Trinajstić information content (AvgIpc) is 2.89. The fourth-order valence-corrected chi connectivity index (χ4v) is 3.56. The number of amides is 2.